The van der Waals surface area contributed by atoms with Crippen LogP contribution in [-0.4, -0.2) is 19.7 Å². The second-order valence-corrected chi connectivity index (χ2v) is 5.05. The molecule has 0 aromatic heterocycles. The third-order valence-electron chi connectivity index (χ3n) is 3.19. The van der Waals surface area contributed by atoms with Gasteiger partial charge < -0.3 is 10.1 Å². The number of halogens is 4. The summed E-state index contributed by atoms with van der Waals surface area (Å²) in [6.07, 6.45) is -2.44. The Balaban J connectivity index is 2.02. The molecule has 0 spiro atoms. The van der Waals surface area contributed by atoms with E-state index in [4.69, 9.17) is 16.3 Å². The van der Waals surface area contributed by atoms with Crippen molar-refractivity contribution in [3.05, 3.63) is 28.8 Å². The maximum Gasteiger partial charge on any atom is 0.416 e. The number of hydrogen-bond acceptors (Lipinski definition) is 2. The van der Waals surface area contributed by atoms with E-state index in [1.165, 1.54) is 6.07 Å². The highest BCUT2D eigenvalue weighted by Gasteiger charge is 2.31. The Morgan fingerprint density at radius 3 is 2.58 bits per heavy atom. The SMILES string of the molecule is FC(F)(F)c1ccc(Cl)c(OCC2CCNCC2)c1. The van der Waals surface area contributed by atoms with Crippen LogP contribution in [0.2, 0.25) is 5.02 Å². The van der Waals surface area contributed by atoms with Crippen molar-refractivity contribution >= 4 is 11.6 Å². The molecular weight excluding hydrogens is 279 g/mol. The second kappa shape index (κ2) is 6.01. The van der Waals surface area contributed by atoms with Crippen molar-refractivity contribution < 1.29 is 17.9 Å². The molecule has 1 aliphatic heterocycles. The van der Waals surface area contributed by atoms with Crippen LogP contribution in [0.25, 0.3) is 0 Å². The summed E-state index contributed by atoms with van der Waals surface area (Å²) < 4.78 is 43.2. The number of hydrogen-bond donors (Lipinski definition) is 1. The smallest absolute Gasteiger partial charge is 0.416 e. The predicted molar refractivity (Wildman–Crippen MR) is 67.5 cm³/mol. The number of benzene rings is 1. The molecule has 0 unspecified atom stereocenters. The molecule has 0 amide bonds. The molecule has 0 atom stereocenters. The molecule has 1 heterocycles. The van der Waals surface area contributed by atoms with Gasteiger partial charge in [-0.1, -0.05) is 11.6 Å². The van der Waals surface area contributed by atoms with Gasteiger partial charge in [0.1, 0.15) is 5.75 Å². The van der Waals surface area contributed by atoms with Crippen molar-refractivity contribution in [1.29, 1.82) is 0 Å². The molecular formula is C13H15ClF3NO. The quantitative estimate of drug-likeness (QED) is 0.917. The normalized spacial score (nSPS) is 17.5. The minimum Gasteiger partial charge on any atom is -0.492 e. The van der Waals surface area contributed by atoms with Gasteiger partial charge in [0.05, 0.1) is 17.2 Å². The summed E-state index contributed by atoms with van der Waals surface area (Å²) in [6, 6.07) is 3.14. The number of nitrogens with one attached hydrogen (secondary N) is 1. The highest BCUT2D eigenvalue weighted by molar-refractivity contribution is 6.32. The maximum atomic E-state index is 12.6. The monoisotopic (exact) mass is 293 g/mol. The lowest BCUT2D eigenvalue weighted by molar-refractivity contribution is -0.137. The predicted octanol–water partition coefficient (Wildman–Crippen LogP) is 3.74. The first-order valence-corrected chi connectivity index (χ1v) is 6.55. The first-order chi connectivity index (χ1) is 8.97. The highest BCUT2D eigenvalue weighted by atomic mass is 35.5. The standard InChI is InChI=1S/C13H15ClF3NO/c14-11-2-1-10(13(15,16)17)7-12(11)19-8-9-3-5-18-6-4-9/h1-2,7,9,18H,3-6,8H2. The molecule has 0 radical (unpaired) electrons. The van der Waals surface area contributed by atoms with E-state index in [9.17, 15) is 13.2 Å². The molecule has 1 aliphatic rings. The van der Waals surface area contributed by atoms with Crippen molar-refractivity contribution in [2.75, 3.05) is 19.7 Å². The zero-order valence-corrected chi connectivity index (χ0v) is 11.0. The van der Waals surface area contributed by atoms with Crippen molar-refractivity contribution in [2.45, 2.75) is 19.0 Å². The summed E-state index contributed by atoms with van der Waals surface area (Å²) in [5, 5.41) is 3.43. The summed E-state index contributed by atoms with van der Waals surface area (Å²) in [4.78, 5) is 0. The third-order valence-corrected chi connectivity index (χ3v) is 3.50. The molecule has 1 N–H and O–H groups in total. The Bertz CT molecular complexity index is 430. The number of rotatable bonds is 3. The summed E-state index contributed by atoms with van der Waals surface area (Å²) in [6.45, 7) is 2.25. The molecule has 1 aromatic rings. The number of ether oxygens (including phenoxy) is 1. The van der Waals surface area contributed by atoms with Crippen LogP contribution in [0.4, 0.5) is 13.2 Å². The topological polar surface area (TPSA) is 21.3 Å². The Hall–Kier alpha value is -0.940. The van der Waals surface area contributed by atoms with Crippen LogP contribution in [0.3, 0.4) is 0 Å². The van der Waals surface area contributed by atoms with Gasteiger partial charge >= 0.3 is 6.18 Å². The first-order valence-electron chi connectivity index (χ1n) is 6.17. The lowest BCUT2D eigenvalue weighted by Gasteiger charge is -2.23. The zero-order chi connectivity index (χ0) is 13.9. The molecule has 1 aromatic carbocycles. The fraction of sp³-hybridized carbons (Fsp3) is 0.538. The molecule has 1 fully saturated rings. The van der Waals surface area contributed by atoms with Crippen LogP contribution in [0.15, 0.2) is 18.2 Å². The Labute approximate surface area is 114 Å². The minimum absolute atomic E-state index is 0.107. The van der Waals surface area contributed by atoms with Crippen LogP contribution in [0.5, 0.6) is 5.75 Å². The summed E-state index contributed by atoms with van der Waals surface area (Å²) >= 11 is 5.86. The molecule has 2 rings (SSSR count). The largest absolute Gasteiger partial charge is 0.492 e. The number of alkyl halides is 3. The van der Waals surface area contributed by atoms with Crippen LogP contribution in [0.1, 0.15) is 18.4 Å². The van der Waals surface area contributed by atoms with Gasteiger partial charge in [0.25, 0.3) is 0 Å². The van der Waals surface area contributed by atoms with Gasteiger partial charge in [-0.15, -0.1) is 0 Å². The van der Waals surface area contributed by atoms with E-state index in [-0.39, 0.29) is 10.8 Å². The summed E-state index contributed by atoms with van der Waals surface area (Å²) in [7, 11) is 0. The van der Waals surface area contributed by atoms with Crippen LogP contribution in [-0.2, 0) is 6.18 Å². The second-order valence-electron chi connectivity index (χ2n) is 4.65. The van der Waals surface area contributed by atoms with E-state index < -0.39 is 11.7 Å². The molecule has 19 heavy (non-hydrogen) atoms. The van der Waals surface area contributed by atoms with E-state index in [1.54, 1.807) is 0 Å². The van der Waals surface area contributed by atoms with Crippen molar-refractivity contribution in [3.8, 4) is 5.75 Å². The van der Waals surface area contributed by atoms with Gasteiger partial charge in [-0.25, -0.2) is 0 Å². The average molecular weight is 294 g/mol. The molecule has 0 aliphatic carbocycles. The van der Waals surface area contributed by atoms with Gasteiger partial charge in [-0.3, -0.25) is 0 Å². The van der Waals surface area contributed by atoms with Crippen LogP contribution >= 0.6 is 11.6 Å². The highest BCUT2D eigenvalue weighted by Crippen LogP contribution is 2.35. The van der Waals surface area contributed by atoms with Gasteiger partial charge in [0.15, 0.2) is 0 Å². The Morgan fingerprint density at radius 1 is 1.26 bits per heavy atom. The molecule has 6 heteroatoms. The lowest BCUT2D eigenvalue weighted by Crippen LogP contribution is -2.30. The minimum atomic E-state index is -4.38. The lowest BCUT2D eigenvalue weighted by atomic mass is 9.99. The van der Waals surface area contributed by atoms with Gasteiger partial charge in [0.2, 0.25) is 0 Å². The fourth-order valence-corrected chi connectivity index (χ4v) is 2.22. The number of piperidine rings is 1. The van der Waals surface area contributed by atoms with Gasteiger partial charge in [-0.05, 0) is 50.0 Å². The van der Waals surface area contributed by atoms with Gasteiger partial charge in [0, 0.05) is 0 Å². The molecule has 2 nitrogen and oxygen atoms in total. The molecule has 1 saturated heterocycles. The van der Waals surface area contributed by atoms with Crippen molar-refractivity contribution in [2.24, 2.45) is 5.92 Å². The van der Waals surface area contributed by atoms with E-state index >= 15 is 0 Å². The summed E-state index contributed by atoms with van der Waals surface area (Å²) in [5.41, 5.74) is -0.739. The van der Waals surface area contributed by atoms with Crippen molar-refractivity contribution in [3.63, 3.8) is 0 Å². The molecule has 0 bridgehead atoms. The average Bonchev–Trinajstić information content (AvgIpc) is 2.37. The van der Waals surface area contributed by atoms with Gasteiger partial charge in [-0.2, -0.15) is 13.2 Å². The third kappa shape index (κ3) is 4.01. The Kier molecular flexibility index (Phi) is 4.58. The zero-order valence-electron chi connectivity index (χ0n) is 10.3. The van der Waals surface area contributed by atoms with E-state index in [0.29, 0.717) is 12.5 Å². The Morgan fingerprint density at radius 2 is 1.95 bits per heavy atom. The van der Waals surface area contributed by atoms with E-state index in [0.717, 1.165) is 38.1 Å². The van der Waals surface area contributed by atoms with E-state index in [1.807, 2.05) is 0 Å². The molecule has 0 saturated carbocycles. The molecule has 106 valence electrons. The van der Waals surface area contributed by atoms with Crippen molar-refractivity contribution in [1.82, 2.24) is 5.32 Å². The fourth-order valence-electron chi connectivity index (χ4n) is 2.05. The van der Waals surface area contributed by atoms with Crippen LogP contribution in [0, 0.1) is 5.92 Å². The summed E-state index contributed by atoms with van der Waals surface area (Å²) in [5.74, 6) is 0.474. The van der Waals surface area contributed by atoms with Crippen LogP contribution < -0.4 is 10.1 Å². The first kappa shape index (κ1) is 14.5. The maximum absolute atomic E-state index is 12.6. The van der Waals surface area contributed by atoms with E-state index in [2.05, 4.69) is 5.32 Å².